The molecule has 0 saturated carbocycles. The van der Waals surface area contributed by atoms with Crippen molar-refractivity contribution in [3.05, 3.63) is 97.2 Å². The molecule has 6 nitrogen and oxygen atoms in total. The van der Waals surface area contributed by atoms with Crippen molar-refractivity contribution in [3.8, 4) is 0 Å². The zero-order valence-corrected chi connectivity index (χ0v) is 48.6. The molecular formula is C68H116O6. The Morgan fingerprint density at radius 3 is 0.838 bits per heavy atom. The van der Waals surface area contributed by atoms with Crippen LogP contribution in [0.25, 0.3) is 0 Å². The normalized spacial score (nSPS) is 12.7. The van der Waals surface area contributed by atoms with Gasteiger partial charge in [0.15, 0.2) is 6.10 Å². The van der Waals surface area contributed by atoms with E-state index in [-0.39, 0.29) is 31.1 Å². The lowest BCUT2D eigenvalue weighted by molar-refractivity contribution is -0.167. The average molecular weight is 1030 g/mol. The molecule has 1 unspecified atom stereocenters. The molecule has 0 rings (SSSR count). The Hall–Kier alpha value is -3.67. The van der Waals surface area contributed by atoms with Gasteiger partial charge >= 0.3 is 17.9 Å². The van der Waals surface area contributed by atoms with Crippen LogP contribution in [0.1, 0.15) is 297 Å². The fraction of sp³-hybridized carbons (Fsp3) is 0.721. The molecular weight excluding hydrogens is 913 g/mol. The van der Waals surface area contributed by atoms with Gasteiger partial charge in [-0.2, -0.15) is 0 Å². The first-order valence-corrected chi connectivity index (χ1v) is 31.2. The molecule has 0 amide bonds. The van der Waals surface area contributed by atoms with Crippen molar-refractivity contribution in [2.24, 2.45) is 0 Å². The van der Waals surface area contributed by atoms with Crippen molar-refractivity contribution in [2.45, 2.75) is 303 Å². The van der Waals surface area contributed by atoms with Crippen molar-refractivity contribution in [1.82, 2.24) is 0 Å². The standard InChI is InChI=1S/C68H116O6/c1-4-7-10-13-16-19-22-25-27-29-30-31-32-33-34-35-36-37-38-39-41-43-46-49-52-55-58-61-67(70)73-64-65(63-72-66(69)60-57-54-51-48-45-42-24-21-18-15-12-9-6-3)74-68(71)62-59-56-53-50-47-44-40-28-26-23-20-17-14-11-8-5-2/h7,10,16,19,25,27-28,30-31,33-34,36-37,39-41,65H,4-6,8-9,11-15,17-18,20-24,26,29,32,35,38,42-64H2,1-3H3/b10-7-,19-16-,27-25-,31-30-,34-33-,37-36-,40-28-,41-39-. The molecule has 0 aromatic heterocycles. The molecule has 0 aliphatic carbocycles. The Balaban J connectivity index is 4.37. The van der Waals surface area contributed by atoms with Crippen LogP contribution in [0.3, 0.4) is 0 Å². The number of hydrogen-bond donors (Lipinski definition) is 0. The van der Waals surface area contributed by atoms with Crippen molar-refractivity contribution in [2.75, 3.05) is 13.2 Å². The molecule has 0 aromatic rings. The van der Waals surface area contributed by atoms with Crippen LogP contribution in [-0.4, -0.2) is 37.2 Å². The highest BCUT2D eigenvalue weighted by Crippen LogP contribution is 2.16. The third kappa shape index (κ3) is 59.2. The molecule has 1 atom stereocenters. The van der Waals surface area contributed by atoms with E-state index in [1.54, 1.807) is 0 Å². The molecule has 6 heteroatoms. The van der Waals surface area contributed by atoms with E-state index in [0.717, 1.165) is 135 Å². The summed E-state index contributed by atoms with van der Waals surface area (Å²) in [5.74, 6) is -0.904. The Kier molecular flexibility index (Phi) is 58.8. The summed E-state index contributed by atoms with van der Waals surface area (Å²) in [4.78, 5) is 38.2. The number of allylic oxidation sites excluding steroid dienone is 16. The monoisotopic (exact) mass is 1030 g/mol. The zero-order valence-electron chi connectivity index (χ0n) is 48.6. The molecule has 424 valence electrons. The summed E-state index contributed by atoms with van der Waals surface area (Å²) in [5.41, 5.74) is 0. The van der Waals surface area contributed by atoms with Crippen LogP contribution in [0.5, 0.6) is 0 Å². The van der Waals surface area contributed by atoms with Gasteiger partial charge in [0.25, 0.3) is 0 Å². The second-order valence-electron chi connectivity index (χ2n) is 20.6. The maximum Gasteiger partial charge on any atom is 0.306 e. The molecule has 0 N–H and O–H groups in total. The third-order valence-electron chi connectivity index (χ3n) is 13.3. The van der Waals surface area contributed by atoms with Gasteiger partial charge in [-0.05, 0) is 103 Å². The van der Waals surface area contributed by atoms with E-state index >= 15 is 0 Å². The summed E-state index contributed by atoms with van der Waals surface area (Å²) < 4.78 is 16.9. The second-order valence-corrected chi connectivity index (χ2v) is 20.6. The van der Waals surface area contributed by atoms with E-state index in [1.165, 1.54) is 122 Å². The molecule has 0 aliphatic rings. The number of carbonyl (C=O) groups is 3. The Labute approximate surface area is 457 Å². The summed E-state index contributed by atoms with van der Waals surface area (Å²) in [7, 11) is 0. The van der Waals surface area contributed by atoms with Crippen molar-refractivity contribution < 1.29 is 28.6 Å². The number of ether oxygens (including phenoxy) is 3. The van der Waals surface area contributed by atoms with Gasteiger partial charge < -0.3 is 14.2 Å². The summed E-state index contributed by atoms with van der Waals surface area (Å²) in [6.45, 7) is 6.52. The molecule has 0 aromatic carbocycles. The van der Waals surface area contributed by atoms with Crippen molar-refractivity contribution in [1.29, 1.82) is 0 Å². The van der Waals surface area contributed by atoms with Gasteiger partial charge in [-0.15, -0.1) is 0 Å². The highest BCUT2D eigenvalue weighted by molar-refractivity contribution is 5.71. The first-order chi connectivity index (χ1) is 36.5. The fourth-order valence-electron chi connectivity index (χ4n) is 8.65. The number of esters is 3. The van der Waals surface area contributed by atoms with Gasteiger partial charge in [-0.25, -0.2) is 0 Å². The lowest BCUT2D eigenvalue weighted by Gasteiger charge is -2.18. The van der Waals surface area contributed by atoms with E-state index < -0.39 is 6.10 Å². The molecule has 0 fully saturated rings. The van der Waals surface area contributed by atoms with Gasteiger partial charge in [0, 0.05) is 19.3 Å². The first kappa shape index (κ1) is 70.3. The Morgan fingerprint density at radius 1 is 0.284 bits per heavy atom. The van der Waals surface area contributed by atoms with Crippen LogP contribution >= 0.6 is 0 Å². The van der Waals surface area contributed by atoms with E-state index in [2.05, 4.69) is 118 Å². The number of unbranched alkanes of at least 4 members (excludes halogenated alkanes) is 29. The van der Waals surface area contributed by atoms with Crippen molar-refractivity contribution in [3.63, 3.8) is 0 Å². The molecule has 0 spiro atoms. The van der Waals surface area contributed by atoms with Gasteiger partial charge in [-0.1, -0.05) is 272 Å². The lowest BCUT2D eigenvalue weighted by atomic mass is 10.0. The highest BCUT2D eigenvalue weighted by atomic mass is 16.6. The minimum atomic E-state index is -0.790. The number of hydrogen-bond acceptors (Lipinski definition) is 6. The van der Waals surface area contributed by atoms with Gasteiger partial charge in [0.2, 0.25) is 0 Å². The summed E-state index contributed by atoms with van der Waals surface area (Å²) in [6, 6.07) is 0. The lowest BCUT2D eigenvalue weighted by Crippen LogP contribution is -2.30. The quantitative estimate of drug-likeness (QED) is 0.0261. The van der Waals surface area contributed by atoms with Crippen LogP contribution in [-0.2, 0) is 28.6 Å². The van der Waals surface area contributed by atoms with E-state index in [4.69, 9.17) is 14.2 Å². The van der Waals surface area contributed by atoms with Crippen LogP contribution in [0, 0.1) is 0 Å². The van der Waals surface area contributed by atoms with Crippen LogP contribution in [0.4, 0.5) is 0 Å². The van der Waals surface area contributed by atoms with Crippen molar-refractivity contribution >= 4 is 17.9 Å². The predicted octanol–water partition coefficient (Wildman–Crippen LogP) is 21.3. The Morgan fingerprint density at radius 2 is 0.527 bits per heavy atom. The second kappa shape index (κ2) is 61.9. The van der Waals surface area contributed by atoms with E-state index in [1.807, 2.05) is 0 Å². The SMILES string of the molecule is CC/C=C\C/C=C\C/C=C\C/C=C\C/C=C\C/C=C\C/C=C\CCCCCCCC(=O)OCC(COC(=O)CCCCCCCCCCCCCCC)OC(=O)CCCCCCC/C=C\CCCCCCCCC. The molecule has 0 bridgehead atoms. The van der Waals surface area contributed by atoms with E-state index in [9.17, 15) is 14.4 Å². The van der Waals surface area contributed by atoms with E-state index in [0.29, 0.717) is 19.3 Å². The van der Waals surface area contributed by atoms with Gasteiger partial charge in [0.1, 0.15) is 13.2 Å². The molecule has 0 aliphatic heterocycles. The average Bonchev–Trinajstić information content (AvgIpc) is 3.40. The smallest absolute Gasteiger partial charge is 0.306 e. The number of carbonyl (C=O) groups excluding carboxylic acids is 3. The fourth-order valence-corrected chi connectivity index (χ4v) is 8.65. The minimum absolute atomic E-state index is 0.0847. The molecule has 0 saturated heterocycles. The largest absolute Gasteiger partial charge is 0.462 e. The van der Waals surface area contributed by atoms with Gasteiger partial charge in [0.05, 0.1) is 0 Å². The predicted molar refractivity (Wildman–Crippen MR) is 320 cm³/mol. The zero-order chi connectivity index (χ0) is 53.6. The molecule has 74 heavy (non-hydrogen) atoms. The van der Waals surface area contributed by atoms with Gasteiger partial charge in [-0.3, -0.25) is 14.4 Å². The minimum Gasteiger partial charge on any atom is -0.462 e. The number of rotatable bonds is 56. The van der Waals surface area contributed by atoms with Crippen LogP contribution < -0.4 is 0 Å². The Bertz CT molecular complexity index is 1460. The summed E-state index contributed by atoms with van der Waals surface area (Å²) in [5, 5.41) is 0. The summed E-state index contributed by atoms with van der Waals surface area (Å²) >= 11 is 0. The van der Waals surface area contributed by atoms with Crippen LogP contribution in [0.2, 0.25) is 0 Å². The maximum absolute atomic E-state index is 12.9. The molecule has 0 radical (unpaired) electrons. The third-order valence-corrected chi connectivity index (χ3v) is 13.3. The maximum atomic E-state index is 12.9. The topological polar surface area (TPSA) is 78.9 Å². The highest BCUT2D eigenvalue weighted by Gasteiger charge is 2.19. The van der Waals surface area contributed by atoms with Crippen LogP contribution in [0.15, 0.2) is 97.2 Å². The summed E-state index contributed by atoms with van der Waals surface area (Å²) in [6.07, 6.45) is 82.6. The molecule has 0 heterocycles. The first-order valence-electron chi connectivity index (χ1n) is 31.2.